The highest BCUT2D eigenvalue weighted by Gasteiger charge is 2.39. The lowest BCUT2D eigenvalue weighted by atomic mass is 9.94. The second-order valence-electron chi connectivity index (χ2n) is 8.90. The quantitative estimate of drug-likeness (QED) is 0.638. The molecular formula is C23H33N3O3S. The molecule has 164 valence electrons. The lowest BCUT2D eigenvalue weighted by Crippen LogP contribution is -2.64. The Hall–Kier alpha value is -1.83. The van der Waals surface area contributed by atoms with Crippen molar-refractivity contribution in [1.29, 1.82) is 0 Å². The van der Waals surface area contributed by atoms with E-state index in [9.17, 15) is 9.90 Å². The molecule has 1 aromatic carbocycles. The smallest absolute Gasteiger partial charge is 0.276 e. The van der Waals surface area contributed by atoms with Gasteiger partial charge in [0.15, 0.2) is 11.5 Å². The summed E-state index contributed by atoms with van der Waals surface area (Å²) < 4.78 is 5.49. The third kappa shape index (κ3) is 5.45. The number of carbonyl (C=O) groups excluding carboxylic acids is 1. The van der Waals surface area contributed by atoms with Gasteiger partial charge in [-0.25, -0.2) is 0 Å². The molecular weight excluding hydrogens is 398 g/mol. The fourth-order valence-electron chi connectivity index (χ4n) is 4.05. The largest absolute Gasteiger partial charge is 0.376 e. The SMILES string of the molecule is CSc1ccc(-c2cc(C(=O)N3C[C@H](CC(C)C)NC(O)[C@@H]3CC(C)C)no2)cc1. The van der Waals surface area contributed by atoms with Crippen molar-refractivity contribution in [2.24, 2.45) is 11.8 Å². The Bertz CT molecular complexity index is 834. The summed E-state index contributed by atoms with van der Waals surface area (Å²) in [6.07, 6.45) is 2.89. The molecule has 0 radical (unpaired) electrons. The second kappa shape index (κ2) is 9.98. The van der Waals surface area contributed by atoms with Gasteiger partial charge in [-0.3, -0.25) is 10.1 Å². The minimum absolute atomic E-state index is 0.0535. The zero-order valence-corrected chi connectivity index (χ0v) is 19.3. The highest BCUT2D eigenvalue weighted by atomic mass is 32.2. The first-order valence-corrected chi connectivity index (χ1v) is 11.9. The minimum atomic E-state index is -0.751. The van der Waals surface area contributed by atoms with Gasteiger partial charge in [0.2, 0.25) is 0 Å². The molecule has 3 atom stereocenters. The van der Waals surface area contributed by atoms with E-state index in [0.717, 1.165) is 23.3 Å². The standard InChI is InChI=1S/C23H33N3O3S/c1-14(2)10-17-13-26(20(11-15(3)4)22(27)24-17)23(28)19-12-21(29-25-19)16-6-8-18(30-5)9-7-16/h6-9,12,14-15,17,20,22,24,27H,10-11,13H2,1-5H3/t17-,20-,22?/m0/s1. The number of piperazine rings is 1. The van der Waals surface area contributed by atoms with E-state index in [-0.39, 0.29) is 23.7 Å². The van der Waals surface area contributed by atoms with Crippen LogP contribution in [0.5, 0.6) is 0 Å². The van der Waals surface area contributed by atoms with E-state index >= 15 is 0 Å². The average molecular weight is 432 g/mol. The zero-order chi connectivity index (χ0) is 21.8. The molecule has 2 N–H and O–H groups in total. The first-order valence-electron chi connectivity index (χ1n) is 10.6. The van der Waals surface area contributed by atoms with Crippen molar-refractivity contribution in [1.82, 2.24) is 15.4 Å². The maximum Gasteiger partial charge on any atom is 0.276 e. The first kappa shape index (κ1) is 22.8. The van der Waals surface area contributed by atoms with Crippen LogP contribution in [0.3, 0.4) is 0 Å². The number of aromatic nitrogens is 1. The minimum Gasteiger partial charge on any atom is -0.376 e. The molecule has 0 saturated carbocycles. The molecule has 0 spiro atoms. The second-order valence-corrected chi connectivity index (χ2v) is 9.78. The van der Waals surface area contributed by atoms with Crippen LogP contribution >= 0.6 is 11.8 Å². The number of hydrogen-bond donors (Lipinski definition) is 2. The molecule has 3 rings (SSSR count). The van der Waals surface area contributed by atoms with Crippen LogP contribution in [-0.4, -0.2) is 52.2 Å². The number of thioether (sulfide) groups is 1. The van der Waals surface area contributed by atoms with E-state index in [1.807, 2.05) is 30.5 Å². The number of hydrogen-bond acceptors (Lipinski definition) is 6. The summed E-state index contributed by atoms with van der Waals surface area (Å²) in [5.74, 6) is 1.20. The van der Waals surface area contributed by atoms with Crippen LogP contribution in [-0.2, 0) is 0 Å². The molecule has 1 unspecified atom stereocenters. The third-order valence-corrected chi connectivity index (χ3v) is 6.17. The van der Waals surface area contributed by atoms with E-state index in [1.165, 1.54) is 0 Å². The van der Waals surface area contributed by atoms with Crippen molar-refractivity contribution < 1.29 is 14.4 Å². The summed E-state index contributed by atoms with van der Waals surface area (Å²) in [4.78, 5) is 16.3. The first-order chi connectivity index (χ1) is 14.3. The van der Waals surface area contributed by atoms with Gasteiger partial charge in [-0.15, -0.1) is 11.8 Å². The molecule has 1 fully saturated rings. The Morgan fingerprint density at radius 3 is 2.50 bits per heavy atom. The van der Waals surface area contributed by atoms with Gasteiger partial charge in [-0.1, -0.05) is 45.0 Å². The molecule has 0 bridgehead atoms. The van der Waals surface area contributed by atoms with E-state index in [2.05, 4.69) is 38.2 Å². The Labute approximate surface area is 183 Å². The van der Waals surface area contributed by atoms with E-state index in [1.54, 1.807) is 22.7 Å². The fraction of sp³-hybridized carbons (Fsp3) is 0.565. The molecule has 1 aliphatic rings. The Morgan fingerprint density at radius 2 is 1.90 bits per heavy atom. The van der Waals surface area contributed by atoms with Crippen molar-refractivity contribution in [2.45, 2.75) is 63.7 Å². The molecule has 1 aliphatic heterocycles. The molecule has 2 aromatic rings. The maximum absolute atomic E-state index is 13.4. The number of carbonyl (C=O) groups is 1. The van der Waals surface area contributed by atoms with Crippen molar-refractivity contribution in [3.8, 4) is 11.3 Å². The average Bonchev–Trinajstić information content (AvgIpc) is 3.19. The van der Waals surface area contributed by atoms with Crippen molar-refractivity contribution in [2.75, 3.05) is 12.8 Å². The Balaban J connectivity index is 1.82. The van der Waals surface area contributed by atoms with Crippen LogP contribution in [0.2, 0.25) is 0 Å². The van der Waals surface area contributed by atoms with Gasteiger partial charge >= 0.3 is 0 Å². The molecule has 0 aliphatic carbocycles. The van der Waals surface area contributed by atoms with Gasteiger partial charge in [-0.05, 0) is 43.1 Å². The number of benzene rings is 1. The van der Waals surface area contributed by atoms with E-state index in [0.29, 0.717) is 24.1 Å². The number of nitrogens with zero attached hydrogens (tertiary/aromatic N) is 2. The van der Waals surface area contributed by atoms with Crippen molar-refractivity contribution >= 4 is 17.7 Å². The molecule has 1 saturated heterocycles. The number of aliphatic hydroxyl groups excluding tert-OH is 1. The fourth-order valence-corrected chi connectivity index (χ4v) is 4.46. The Morgan fingerprint density at radius 1 is 1.23 bits per heavy atom. The molecule has 30 heavy (non-hydrogen) atoms. The normalized spacial score (nSPS) is 22.1. The highest BCUT2D eigenvalue weighted by molar-refractivity contribution is 7.98. The summed E-state index contributed by atoms with van der Waals surface area (Å²) in [7, 11) is 0. The van der Waals surface area contributed by atoms with Gasteiger partial charge in [0.25, 0.3) is 5.91 Å². The predicted molar refractivity (Wildman–Crippen MR) is 120 cm³/mol. The number of nitrogens with one attached hydrogen (secondary N) is 1. The van der Waals surface area contributed by atoms with Crippen LogP contribution in [0.15, 0.2) is 39.8 Å². The van der Waals surface area contributed by atoms with Crippen LogP contribution < -0.4 is 5.32 Å². The molecule has 6 nitrogen and oxygen atoms in total. The number of rotatable bonds is 7. The van der Waals surface area contributed by atoms with Gasteiger partial charge in [0.1, 0.15) is 6.23 Å². The van der Waals surface area contributed by atoms with Gasteiger partial charge in [0.05, 0.1) is 6.04 Å². The summed E-state index contributed by atoms with van der Waals surface area (Å²) in [5.41, 5.74) is 1.17. The van der Waals surface area contributed by atoms with Crippen LogP contribution in [0.1, 0.15) is 51.0 Å². The summed E-state index contributed by atoms with van der Waals surface area (Å²) in [5, 5.41) is 18.1. The monoisotopic (exact) mass is 431 g/mol. The molecule has 1 amide bonds. The molecule has 7 heteroatoms. The van der Waals surface area contributed by atoms with Gasteiger partial charge in [0, 0.05) is 29.1 Å². The molecule has 2 heterocycles. The van der Waals surface area contributed by atoms with E-state index < -0.39 is 6.23 Å². The topological polar surface area (TPSA) is 78.6 Å². The lowest BCUT2D eigenvalue weighted by Gasteiger charge is -2.44. The van der Waals surface area contributed by atoms with Gasteiger partial charge in [-0.2, -0.15) is 0 Å². The lowest BCUT2D eigenvalue weighted by molar-refractivity contribution is -0.0248. The number of amides is 1. The van der Waals surface area contributed by atoms with Crippen LogP contribution in [0.4, 0.5) is 0 Å². The van der Waals surface area contributed by atoms with E-state index in [4.69, 9.17) is 4.52 Å². The van der Waals surface area contributed by atoms with Crippen LogP contribution in [0, 0.1) is 11.8 Å². The Kier molecular flexibility index (Phi) is 7.60. The van der Waals surface area contributed by atoms with Crippen molar-refractivity contribution in [3.05, 3.63) is 36.0 Å². The van der Waals surface area contributed by atoms with Gasteiger partial charge < -0.3 is 14.5 Å². The van der Waals surface area contributed by atoms with Crippen molar-refractivity contribution in [3.63, 3.8) is 0 Å². The van der Waals surface area contributed by atoms with Crippen LogP contribution in [0.25, 0.3) is 11.3 Å². The summed E-state index contributed by atoms with van der Waals surface area (Å²) in [6, 6.07) is 9.44. The zero-order valence-electron chi connectivity index (χ0n) is 18.5. The summed E-state index contributed by atoms with van der Waals surface area (Å²) >= 11 is 1.67. The predicted octanol–water partition coefficient (Wildman–Crippen LogP) is 4.26. The maximum atomic E-state index is 13.4. The number of aliphatic hydroxyl groups is 1. The summed E-state index contributed by atoms with van der Waals surface area (Å²) in [6.45, 7) is 9.04. The highest BCUT2D eigenvalue weighted by Crippen LogP contribution is 2.27. The molecule has 1 aromatic heterocycles. The third-order valence-electron chi connectivity index (χ3n) is 5.42.